The summed E-state index contributed by atoms with van der Waals surface area (Å²) in [6, 6.07) is 0. The summed E-state index contributed by atoms with van der Waals surface area (Å²) >= 11 is 0. The van der Waals surface area contributed by atoms with E-state index in [9.17, 15) is 0 Å². The van der Waals surface area contributed by atoms with Crippen molar-refractivity contribution in [2.24, 2.45) is 17.8 Å². The summed E-state index contributed by atoms with van der Waals surface area (Å²) in [5.41, 5.74) is 0. The monoisotopic (exact) mass is 154 g/mol. The molecule has 64 valence electrons. The van der Waals surface area contributed by atoms with E-state index in [-0.39, 0.29) is 0 Å². The lowest BCUT2D eigenvalue weighted by Gasteiger charge is -2.20. The standard InChI is InChI=1S/C10H18O/c1-7(2)8-3-4-10-9(8)5-6-11-10/h7-10H,3-6H2,1-2H3. The van der Waals surface area contributed by atoms with Crippen LogP contribution < -0.4 is 0 Å². The lowest BCUT2D eigenvalue weighted by molar-refractivity contribution is 0.0977. The zero-order valence-electron chi connectivity index (χ0n) is 7.55. The molecule has 0 amide bonds. The smallest absolute Gasteiger partial charge is 0.0607 e. The van der Waals surface area contributed by atoms with E-state index in [1.54, 1.807) is 0 Å². The van der Waals surface area contributed by atoms with E-state index in [4.69, 9.17) is 4.74 Å². The van der Waals surface area contributed by atoms with Gasteiger partial charge >= 0.3 is 0 Å². The molecule has 0 aromatic rings. The van der Waals surface area contributed by atoms with Crippen LogP contribution in [0.25, 0.3) is 0 Å². The maximum Gasteiger partial charge on any atom is 0.0607 e. The minimum Gasteiger partial charge on any atom is -0.378 e. The predicted octanol–water partition coefficient (Wildman–Crippen LogP) is 2.46. The molecule has 0 aromatic carbocycles. The molecule has 0 radical (unpaired) electrons. The molecule has 3 atom stereocenters. The molecule has 0 N–H and O–H groups in total. The van der Waals surface area contributed by atoms with Crippen LogP contribution in [0.3, 0.4) is 0 Å². The first kappa shape index (κ1) is 7.60. The van der Waals surface area contributed by atoms with Gasteiger partial charge in [-0.1, -0.05) is 13.8 Å². The fraction of sp³-hybridized carbons (Fsp3) is 1.00. The normalized spacial score (nSPS) is 43.4. The number of ether oxygens (including phenoxy) is 1. The predicted molar refractivity (Wildman–Crippen MR) is 45.4 cm³/mol. The van der Waals surface area contributed by atoms with E-state index >= 15 is 0 Å². The van der Waals surface area contributed by atoms with E-state index in [2.05, 4.69) is 13.8 Å². The zero-order valence-corrected chi connectivity index (χ0v) is 7.55. The third-order valence-corrected chi connectivity index (χ3v) is 3.45. The van der Waals surface area contributed by atoms with Crippen LogP contribution in [0.1, 0.15) is 33.1 Å². The average molecular weight is 154 g/mol. The molecule has 11 heavy (non-hydrogen) atoms. The van der Waals surface area contributed by atoms with E-state index in [0.717, 1.165) is 24.4 Å². The summed E-state index contributed by atoms with van der Waals surface area (Å²) in [5.74, 6) is 2.74. The van der Waals surface area contributed by atoms with Gasteiger partial charge in [-0.05, 0) is 37.0 Å². The molecule has 1 saturated carbocycles. The third-order valence-electron chi connectivity index (χ3n) is 3.45. The molecule has 2 aliphatic rings. The van der Waals surface area contributed by atoms with Gasteiger partial charge in [0, 0.05) is 6.61 Å². The molecule has 1 aliphatic carbocycles. The molecular formula is C10H18O. The molecule has 1 heteroatoms. The average Bonchev–Trinajstić information content (AvgIpc) is 2.41. The highest BCUT2D eigenvalue weighted by molar-refractivity contribution is 4.90. The molecule has 0 bridgehead atoms. The number of fused-ring (bicyclic) bond motifs is 1. The molecule has 2 fully saturated rings. The van der Waals surface area contributed by atoms with Crippen LogP contribution in [0.4, 0.5) is 0 Å². The molecule has 2 rings (SSSR count). The molecule has 0 spiro atoms. The Morgan fingerprint density at radius 2 is 2.00 bits per heavy atom. The summed E-state index contributed by atoms with van der Waals surface area (Å²) < 4.78 is 5.66. The Labute approximate surface area is 69.1 Å². The van der Waals surface area contributed by atoms with Crippen LogP contribution in [0, 0.1) is 17.8 Å². The van der Waals surface area contributed by atoms with Crippen molar-refractivity contribution in [1.29, 1.82) is 0 Å². The summed E-state index contributed by atoms with van der Waals surface area (Å²) in [4.78, 5) is 0. The summed E-state index contributed by atoms with van der Waals surface area (Å²) in [7, 11) is 0. The first-order chi connectivity index (χ1) is 5.29. The summed E-state index contributed by atoms with van der Waals surface area (Å²) in [6.07, 6.45) is 4.70. The van der Waals surface area contributed by atoms with Gasteiger partial charge in [-0.25, -0.2) is 0 Å². The first-order valence-corrected chi connectivity index (χ1v) is 4.90. The van der Waals surface area contributed by atoms with Crippen LogP contribution in [-0.2, 0) is 4.74 Å². The van der Waals surface area contributed by atoms with Crippen LogP contribution >= 0.6 is 0 Å². The zero-order chi connectivity index (χ0) is 7.84. The second-order valence-electron chi connectivity index (χ2n) is 4.35. The fourth-order valence-corrected chi connectivity index (χ4v) is 2.85. The minimum atomic E-state index is 0.641. The first-order valence-electron chi connectivity index (χ1n) is 4.90. The molecule has 1 aliphatic heterocycles. The van der Waals surface area contributed by atoms with Crippen molar-refractivity contribution in [1.82, 2.24) is 0 Å². The Balaban J connectivity index is 2.03. The molecule has 1 heterocycles. The maximum atomic E-state index is 5.66. The van der Waals surface area contributed by atoms with Crippen LogP contribution in [0.2, 0.25) is 0 Å². The summed E-state index contributed by atoms with van der Waals surface area (Å²) in [6.45, 7) is 5.73. The number of hydrogen-bond acceptors (Lipinski definition) is 1. The van der Waals surface area contributed by atoms with Gasteiger partial charge in [0.15, 0.2) is 0 Å². The van der Waals surface area contributed by atoms with Crippen LogP contribution in [-0.4, -0.2) is 12.7 Å². The minimum absolute atomic E-state index is 0.641. The Hall–Kier alpha value is -0.0400. The Bertz CT molecular complexity index is 142. The van der Waals surface area contributed by atoms with Gasteiger partial charge in [-0.2, -0.15) is 0 Å². The Morgan fingerprint density at radius 1 is 1.18 bits per heavy atom. The lowest BCUT2D eigenvalue weighted by Crippen LogP contribution is -2.17. The van der Waals surface area contributed by atoms with E-state index < -0.39 is 0 Å². The van der Waals surface area contributed by atoms with Crippen molar-refractivity contribution >= 4 is 0 Å². The van der Waals surface area contributed by atoms with Gasteiger partial charge in [0.2, 0.25) is 0 Å². The van der Waals surface area contributed by atoms with Gasteiger partial charge in [-0.3, -0.25) is 0 Å². The van der Waals surface area contributed by atoms with E-state index in [1.807, 2.05) is 0 Å². The molecular weight excluding hydrogens is 136 g/mol. The van der Waals surface area contributed by atoms with Gasteiger partial charge in [0.1, 0.15) is 0 Å². The van der Waals surface area contributed by atoms with Crippen LogP contribution in [0.15, 0.2) is 0 Å². The molecule has 1 saturated heterocycles. The van der Waals surface area contributed by atoms with Crippen molar-refractivity contribution < 1.29 is 4.74 Å². The maximum absolute atomic E-state index is 5.66. The van der Waals surface area contributed by atoms with E-state index in [0.29, 0.717) is 6.10 Å². The van der Waals surface area contributed by atoms with E-state index in [1.165, 1.54) is 19.3 Å². The van der Waals surface area contributed by atoms with Crippen molar-refractivity contribution in [3.63, 3.8) is 0 Å². The SMILES string of the molecule is CC(C)C1CCC2OCCC21. The number of hydrogen-bond donors (Lipinski definition) is 0. The lowest BCUT2D eigenvalue weighted by atomic mass is 9.85. The highest BCUT2D eigenvalue weighted by Crippen LogP contribution is 2.43. The fourth-order valence-electron chi connectivity index (χ4n) is 2.85. The second kappa shape index (κ2) is 2.78. The number of rotatable bonds is 1. The summed E-state index contributed by atoms with van der Waals surface area (Å²) in [5, 5.41) is 0. The van der Waals surface area contributed by atoms with Gasteiger partial charge in [0.05, 0.1) is 6.10 Å². The van der Waals surface area contributed by atoms with Crippen LogP contribution in [0.5, 0.6) is 0 Å². The highest BCUT2D eigenvalue weighted by atomic mass is 16.5. The van der Waals surface area contributed by atoms with Crippen molar-refractivity contribution in [3.05, 3.63) is 0 Å². The largest absolute Gasteiger partial charge is 0.378 e. The van der Waals surface area contributed by atoms with Gasteiger partial charge < -0.3 is 4.74 Å². The van der Waals surface area contributed by atoms with Crippen molar-refractivity contribution in [3.8, 4) is 0 Å². The molecule has 3 unspecified atom stereocenters. The quantitative estimate of drug-likeness (QED) is 0.563. The second-order valence-corrected chi connectivity index (χ2v) is 4.35. The molecule has 0 aromatic heterocycles. The van der Waals surface area contributed by atoms with Gasteiger partial charge in [-0.15, -0.1) is 0 Å². The topological polar surface area (TPSA) is 9.23 Å². The van der Waals surface area contributed by atoms with Crippen molar-refractivity contribution in [2.45, 2.75) is 39.2 Å². The highest BCUT2D eigenvalue weighted by Gasteiger charge is 2.41. The van der Waals surface area contributed by atoms with Crippen molar-refractivity contribution in [2.75, 3.05) is 6.61 Å². The van der Waals surface area contributed by atoms with Gasteiger partial charge in [0.25, 0.3) is 0 Å². The third kappa shape index (κ3) is 1.20. The Morgan fingerprint density at radius 3 is 2.73 bits per heavy atom. The Kier molecular flexibility index (Phi) is 1.92. The molecule has 1 nitrogen and oxygen atoms in total.